The Balaban J connectivity index is 0.000000216. The zero-order chi connectivity index (χ0) is 28.4. The van der Waals surface area contributed by atoms with Gasteiger partial charge >= 0.3 is 11.9 Å². The molecule has 2 amide bonds. The van der Waals surface area contributed by atoms with Gasteiger partial charge in [0.05, 0.1) is 18.2 Å². The molecule has 0 aliphatic heterocycles. The van der Waals surface area contributed by atoms with E-state index in [0.717, 1.165) is 11.1 Å². The Morgan fingerprint density at radius 1 is 0.615 bits per heavy atom. The number of hydrogen-bond donors (Lipinski definition) is 3. The predicted octanol–water partition coefficient (Wildman–Crippen LogP) is 5.98. The first-order chi connectivity index (χ1) is 18.7. The SMILES string of the molecule is COC(=O)c1cccc(NC(=O)c2ccccc2C)c1.Cc1ccccc1C(=O)Nc1cccc(C(=O)O)c1. The van der Waals surface area contributed by atoms with Gasteiger partial charge in [-0.3, -0.25) is 9.59 Å². The zero-order valence-electron chi connectivity index (χ0n) is 21.7. The molecule has 0 atom stereocenters. The number of ether oxygens (including phenoxy) is 1. The molecule has 8 nitrogen and oxygen atoms in total. The van der Waals surface area contributed by atoms with E-state index in [1.165, 1.54) is 19.2 Å². The largest absolute Gasteiger partial charge is 0.478 e. The van der Waals surface area contributed by atoms with E-state index >= 15 is 0 Å². The summed E-state index contributed by atoms with van der Waals surface area (Å²) in [6.45, 7) is 3.72. The van der Waals surface area contributed by atoms with Crippen LogP contribution in [-0.2, 0) is 4.74 Å². The van der Waals surface area contributed by atoms with Gasteiger partial charge in [0.25, 0.3) is 11.8 Å². The Kier molecular flexibility index (Phi) is 9.70. The van der Waals surface area contributed by atoms with Crippen molar-refractivity contribution in [3.63, 3.8) is 0 Å². The molecule has 0 radical (unpaired) electrons. The highest BCUT2D eigenvalue weighted by Gasteiger charge is 2.11. The van der Waals surface area contributed by atoms with Crippen LogP contribution in [0.1, 0.15) is 52.6 Å². The van der Waals surface area contributed by atoms with Crippen molar-refractivity contribution in [1.82, 2.24) is 0 Å². The van der Waals surface area contributed by atoms with Gasteiger partial charge in [-0.2, -0.15) is 0 Å². The molecule has 0 spiro atoms. The van der Waals surface area contributed by atoms with Crippen LogP contribution in [0.15, 0.2) is 97.1 Å². The monoisotopic (exact) mass is 524 g/mol. The number of nitrogens with one attached hydrogen (secondary N) is 2. The molecule has 0 bridgehead atoms. The summed E-state index contributed by atoms with van der Waals surface area (Å²) in [7, 11) is 1.32. The molecule has 0 aliphatic carbocycles. The maximum atomic E-state index is 12.2. The van der Waals surface area contributed by atoms with Crippen LogP contribution in [0.4, 0.5) is 11.4 Å². The quantitative estimate of drug-likeness (QED) is 0.267. The Hall–Kier alpha value is -5.24. The molecule has 0 aromatic heterocycles. The first kappa shape index (κ1) is 28.3. The second-order valence-corrected chi connectivity index (χ2v) is 8.50. The minimum absolute atomic E-state index is 0.141. The number of aromatic carboxylic acids is 1. The second-order valence-electron chi connectivity index (χ2n) is 8.50. The molecule has 8 heteroatoms. The summed E-state index contributed by atoms with van der Waals surface area (Å²) in [4.78, 5) is 46.5. The Morgan fingerprint density at radius 3 is 1.49 bits per heavy atom. The number of amides is 2. The molecule has 4 aromatic carbocycles. The molecule has 39 heavy (non-hydrogen) atoms. The standard InChI is InChI=1S/C16H15NO3.C15H13NO3/c1-11-6-3-4-9-14(11)15(18)17-13-8-5-7-12(10-13)16(19)20-2;1-10-5-2-3-8-13(10)14(17)16-12-7-4-6-11(9-12)15(18)19/h3-10H,1-2H3,(H,17,18);2-9H,1H3,(H,16,17)(H,18,19). The van der Waals surface area contributed by atoms with E-state index < -0.39 is 11.9 Å². The van der Waals surface area contributed by atoms with Gasteiger partial charge in [-0.05, 0) is 73.5 Å². The molecule has 0 heterocycles. The van der Waals surface area contributed by atoms with Gasteiger partial charge in [0.1, 0.15) is 0 Å². The van der Waals surface area contributed by atoms with Gasteiger partial charge in [-0.15, -0.1) is 0 Å². The number of carboxylic acids is 1. The van der Waals surface area contributed by atoms with Gasteiger partial charge in [-0.1, -0.05) is 48.5 Å². The van der Waals surface area contributed by atoms with Gasteiger partial charge in [0.15, 0.2) is 0 Å². The topological polar surface area (TPSA) is 122 Å². The summed E-state index contributed by atoms with van der Waals surface area (Å²) in [5.41, 5.74) is 4.51. The maximum absolute atomic E-state index is 12.2. The first-order valence-corrected chi connectivity index (χ1v) is 11.9. The van der Waals surface area contributed by atoms with Crippen molar-refractivity contribution in [2.75, 3.05) is 17.7 Å². The number of esters is 1. The van der Waals surface area contributed by atoms with Crippen LogP contribution in [0.3, 0.4) is 0 Å². The first-order valence-electron chi connectivity index (χ1n) is 11.9. The van der Waals surface area contributed by atoms with Crippen LogP contribution in [0.5, 0.6) is 0 Å². The number of benzene rings is 4. The van der Waals surface area contributed by atoms with Crippen molar-refractivity contribution in [1.29, 1.82) is 0 Å². The fraction of sp³-hybridized carbons (Fsp3) is 0.0968. The lowest BCUT2D eigenvalue weighted by Crippen LogP contribution is -2.13. The fourth-order valence-electron chi connectivity index (χ4n) is 3.62. The van der Waals surface area contributed by atoms with E-state index in [9.17, 15) is 19.2 Å². The Labute approximate surface area is 226 Å². The maximum Gasteiger partial charge on any atom is 0.337 e. The summed E-state index contributed by atoms with van der Waals surface area (Å²) < 4.78 is 4.65. The molecular formula is C31H28N2O6. The van der Waals surface area contributed by atoms with Crippen molar-refractivity contribution in [3.8, 4) is 0 Å². The molecular weight excluding hydrogens is 496 g/mol. The predicted molar refractivity (Wildman–Crippen MR) is 149 cm³/mol. The normalized spacial score (nSPS) is 9.92. The van der Waals surface area contributed by atoms with E-state index in [1.54, 1.807) is 54.6 Å². The molecule has 0 aliphatic rings. The number of carboxylic acid groups (broad SMARTS) is 1. The number of hydrogen-bond acceptors (Lipinski definition) is 5. The summed E-state index contributed by atoms with van der Waals surface area (Å²) in [5, 5.41) is 14.4. The molecule has 3 N–H and O–H groups in total. The van der Waals surface area contributed by atoms with Crippen molar-refractivity contribution < 1.29 is 29.0 Å². The van der Waals surface area contributed by atoms with Gasteiger partial charge in [0, 0.05) is 22.5 Å². The summed E-state index contributed by atoms with van der Waals surface area (Å²) >= 11 is 0. The third kappa shape index (κ3) is 7.87. The summed E-state index contributed by atoms with van der Waals surface area (Å²) in [5.74, 6) is -1.91. The number of carbonyl (C=O) groups is 4. The van der Waals surface area contributed by atoms with E-state index in [-0.39, 0.29) is 17.4 Å². The molecule has 4 rings (SSSR count). The van der Waals surface area contributed by atoms with Gasteiger partial charge < -0.3 is 20.5 Å². The van der Waals surface area contributed by atoms with Gasteiger partial charge in [-0.25, -0.2) is 9.59 Å². The van der Waals surface area contributed by atoms with Gasteiger partial charge in [0.2, 0.25) is 0 Å². The molecule has 0 saturated heterocycles. The minimum atomic E-state index is -1.02. The minimum Gasteiger partial charge on any atom is -0.478 e. The van der Waals surface area contributed by atoms with Crippen LogP contribution >= 0.6 is 0 Å². The average Bonchev–Trinajstić information content (AvgIpc) is 2.93. The summed E-state index contributed by atoms with van der Waals surface area (Å²) in [6, 6.07) is 27.3. The molecule has 4 aromatic rings. The third-order valence-electron chi connectivity index (χ3n) is 5.69. The van der Waals surface area contributed by atoms with Crippen molar-refractivity contribution in [2.45, 2.75) is 13.8 Å². The smallest absolute Gasteiger partial charge is 0.337 e. The van der Waals surface area contributed by atoms with E-state index in [2.05, 4.69) is 15.4 Å². The second kappa shape index (κ2) is 13.3. The van der Waals surface area contributed by atoms with Crippen LogP contribution in [0.25, 0.3) is 0 Å². The lowest BCUT2D eigenvalue weighted by Gasteiger charge is -2.08. The third-order valence-corrected chi connectivity index (χ3v) is 5.69. The van der Waals surface area contributed by atoms with Crippen molar-refractivity contribution in [2.24, 2.45) is 0 Å². The Bertz CT molecular complexity index is 1510. The highest BCUT2D eigenvalue weighted by Crippen LogP contribution is 2.16. The van der Waals surface area contributed by atoms with E-state index in [0.29, 0.717) is 28.1 Å². The zero-order valence-corrected chi connectivity index (χ0v) is 21.7. The summed E-state index contributed by atoms with van der Waals surface area (Å²) in [6.07, 6.45) is 0. The number of methoxy groups -OCH3 is 1. The van der Waals surface area contributed by atoms with Crippen LogP contribution in [0.2, 0.25) is 0 Å². The molecule has 0 saturated carbocycles. The Morgan fingerprint density at radius 2 is 1.05 bits per heavy atom. The fourth-order valence-corrected chi connectivity index (χ4v) is 3.62. The average molecular weight is 525 g/mol. The van der Waals surface area contributed by atoms with Crippen LogP contribution in [0, 0.1) is 13.8 Å². The van der Waals surface area contributed by atoms with E-state index in [4.69, 9.17) is 5.11 Å². The molecule has 198 valence electrons. The highest BCUT2D eigenvalue weighted by atomic mass is 16.5. The lowest BCUT2D eigenvalue weighted by molar-refractivity contribution is 0.0599. The van der Waals surface area contributed by atoms with Crippen LogP contribution in [-0.4, -0.2) is 36.0 Å². The molecule has 0 fully saturated rings. The number of rotatable bonds is 6. The van der Waals surface area contributed by atoms with Crippen molar-refractivity contribution >= 4 is 35.1 Å². The highest BCUT2D eigenvalue weighted by molar-refractivity contribution is 6.06. The molecule has 0 unspecified atom stereocenters. The number of carbonyl (C=O) groups excluding carboxylic acids is 3. The number of aryl methyl sites for hydroxylation is 2. The van der Waals surface area contributed by atoms with E-state index in [1.807, 2.05) is 44.2 Å². The lowest BCUT2D eigenvalue weighted by atomic mass is 10.1. The van der Waals surface area contributed by atoms with Crippen LogP contribution < -0.4 is 10.6 Å². The number of anilines is 2. The van der Waals surface area contributed by atoms with Crippen molar-refractivity contribution in [3.05, 3.63) is 130 Å².